The largest absolute Gasteiger partial charge is 0.493 e. The normalized spacial score (nSPS) is 16.5. The Kier molecular flexibility index (Phi) is 3.98. The van der Waals surface area contributed by atoms with Gasteiger partial charge in [-0.15, -0.1) is 0 Å². The molecule has 0 heterocycles. The lowest BCUT2D eigenvalue weighted by molar-refractivity contribution is 0.208. The van der Waals surface area contributed by atoms with Crippen LogP contribution in [0.1, 0.15) is 37.7 Å². The van der Waals surface area contributed by atoms with Gasteiger partial charge in [0.1, 0.15) is 17.6 Å². The summed E-state index contributed by atoms with van der Waals surface area (Å²) in [6.07, 6.45) is 6.31. The van der Waals surface area contributed by atoms with Gasteiger partial charge in [-0.25, -0.2) is 4.39 Å². The lowest BCUT2D eigenvalue weighted by Crippen LogP contribution is -2.15. The second-order valence-electron chi connectivity index (χ2n) is 4.57. The van der Waals surface area contributed by atoms with E-state index >= 15 is 0 Å². The molecule has 0 aliphatic heterocycles. The monoisotopic (exact) mass is 233 g/mol. The van der Waals surface area contributed by atoms with E-state index < -0.39 is 5.82 Å². The molecule has 0 atom stereocenters. The fourth-order valence-corrected chi connectivity index (χ4v) is 2.25. The molecule has 0 spiro atoms. The quantitative estimate of drug-likeness (QED) is 0.798. The third kappa shape index (κ3) is 3.20. The highest BCUT2D eigenvalue weighted by Crippen LogP contribution is 2.25. The van der Waals surface area contributed by atoms with Gasteiger partial charge < -0.3 is 4.74 Å². The summed E-state index contributed by atoms with van der Waals surface area (Å²) in [6, 6.07) is 6.16. The van der Waals surface area contributed by atoms with E-state index in [1.165, 1.54) is 44.2 Å². The van der Waals surface area contributed by atoms with Crippen molar-refractivity contribution in [2.45, 2.75) is 32.1 Å². The second-order valence-corrected chi connectivity index (χ2v) is 4.57. The number of hydrogen-bond donors (Lipinski definition) is 0. The van der Waals surface area contributed by atoms with Gasteiger partial charge in [-0.2, -0.15) is 5.26 Å². The van der Waals surface area contributed by atoms with Crippen LogP contribution in [0.25, 0.3) is 0 Å². The minimum Gasteiger partial charge on any atom is -0.493 e. The van der Waals surface area contributed by atoms with Crippen molar-refractivity contribution in [2.24, 2.45) is 5.92 Å². The molecule has 2 nitrogen and oxygen atoms in total. The molecule has 0 radical (unpaired) electrons. The Morgan fingerprint density at radius 1 is 1.29 bits per heavy atom. The number of halogens is 1. The van der Waals surface area contributed by atoms with E-state index in [0.717, 1.165) is 0 Å². The molecule has 17 heavy (non-hydrogen) atoms. The molecule has 0 unspecified atom stereocenters. The summed E-state index contributed by atoms with van der Waals surface area (Å²) in [4.78, 5) is 0. The Hall–Kier alpha value is -1.56. The van der Waals surface area contributed by atoms with Crippen molar-refractivity contribution >= 4 is 0 Å². The Balaban J connectivity index is 1.92. The summed E-state index contributed by atoms with van der Waals surface area (Å²) in [6.45, 7) is 0.677. The van der Waals surface area contributed by atoms with Gasteiger partial charge in [0.25, 0.3) is 0 Å². The van der Waals surface area contributed by atoms with Gasteiger partial charge in [0.2, 0.25) is 0 Å². The molecule has 0 amide bonds. The molecular formula is C14H16FNO. The average molecular weight is 233 g/mol. The number of ether oxygens (including phenoxy) is 1. The zero-order valence-corrected chi connectivity index (χ0v) is 9.79. The van der Waals surface area contributed by atoms with Crippen LogP contribution in [0.15, 0.2) is 18.2 Å². The van der Waals surface area contributed by atoms with Gasteiger partial charge in [-0.1, -0.05) is 19.3 Å². The molecule has 1 fully saturated rings. The van der Waals surface area contributed by atoms with Gasteiger partial charge in [-0.05, 0) is 30.9 Å². The highest BCUT2D eigenvalue weighted by molar-refractivity contribution is 5.37. The maximum absolute atomic E-state index is 13.1. The number of hydrogen-bond acceptors (Lipinski definition) is 2. The van der Waals surface area contributed by atoms with E-state index in [2.05, 4.69) is 0 Å². The SMILES string of the molecule is N#Cc1cc(OCC2CCCCC2)ccc1F. The fraction of sp³-hybridized carbons (Fsp3) is 0.500. The fourth-order valence-electron chi connectivity index (χ4n) is 2.25. The third-order valence-corrected chi connectivity index (χ3v) is 3.27. The summed E-state index contributed by atoms with van der Waals surface area (Å²) in [7, 11) is 0. The molecule has 1 aliphatic rings. The van der Waals surface area contributed by atoms with Crippen LogP contribution >= 0.6 is 0 Å². The van der Waals surface area contributed by atoms with E-state index in [1.54, 1.807) is 6.07 Å². The first-order chi connectivity index (χ1) is 8.29. The molecule has 1 aliphatic carbocycles. The predicted octanol–water partition coefficient (Wildman–Crippen LogP) is 3.66. The van der Waals surface area contributed by atoms with E-state index in [1.807, 2.05) is 6.07 Å². The molecule has 1 saturated carbocycles. The van der Waals surface area contributed by atoms with Crippen molar-refractivity contribution in [1.29, 1.82) is 5.26 Å². The van der Waals surface area contributed by atoms with Crippen LogP contribution in [0, 0.1) is 23.1 Å². The van der Waals surface area contributed by atoms with Gasteiger partial charge in [0.15, 0.2) is 0 Å². The van der Waals surface area contributed by atoms with Crippen molar-refractivity contribution < 1.29 is 9.13 Å². The summed E-state index contributed by atoms with van der Waals surface area (Å²) in [5.41, 5.74) is 0.0474. The number of rotatable bonds is 3. The van der Waals surface area contributed by atoms with Crippen LogP contribution in [0.4, 0.5) is 4.39 Å². The zero-order chi connectivity index (χ0) is 12.1. The van der Waals surface area contributed by atoms with Crippen molar-refractivity contribution in [3.8, 4) is 11.8 Å². The van der Waals surface area contributed by atoms with Gasteiger partial charge in [-0.3, -0.25) is 0 Å². The Bertz CT molecular complexity index is 419. The molecule has 1 aromatic carbocycles. The number of nitrogens with zero attached hydrogens (tertiary/aromatic N) is 1. The van der Waals surface area contributed by atoms with Crippen LogP contribution in [0.3, 0.4) is 0 Å². The summed E-state index contributed by atoms with van der Waals surface area (Å²) >= 11 is 0. The van der Waals surface area contributed by atoms with E-state index in [0.29, 0.717) is 18.3 Å². The maximum atomic E-state index is 13.1. The zero-order valence-electron chi connectivity index (χ0n) is 9.79. The van der Waals surface area contributed by atoms with E-state index in [4.69, 9.17) is 10.00 Å². The third-order valence-electron chi connectivity index (χ3n) is 3.27. The lowest BCUT2D eigenvalue weighted by Gasteiger charge is -2.21. The standard InChI is InChI=1S/C14H16FNO/c15-14-7-6-13(8-12(14)9-16)17-10-11-4-2-1-3-5-11/h6-8,11H,1-5,10H2. The van der Waals surface area contributed by atoms with Crippen molar-refractivity contribution in [2.75, 3.05) is 6.61 Å². The van der Waals surface area contributed by atoms with E-state index in [-0.39, 0.29) is 5.56 Å². The molecule has 2 rings (SSSR count). The smallest absolute Gasteiger partial charge is 0.141 e. The van der Waals surface area contributed by atoms with E-state index in [9.17, 15) is 4.39 Å². The van der Waals surface area contributed by atoms with Gasteiger partial charge in [0, 0.05) is 6.07 Å². The van der Waals surface area contributed by atoms with Crippen molar-refractivity contribution in [3.05, 3.63) is 29.6 Å². The van der Waals surface area contributed by atoms with Gasteiger partial charge >= 0.3 is 0 Å². The van der Waals surface area contributed by atoms with Crippen LogP contribution in [-0.4, -0.2) is 6.61 Å². The minimum atomic E-state index is -0.488. The molecule has 0 aromatic heterocycles. The van der Waals surface area contributed by atoms with Crippen LogP contribution in [-0.2, 0) is 0 Å². The molecule has 0 bridgehead atoms. The van der Waals surface area contributed by atoms with Gasteiger partial charge in [0.05, 0.1) is 12.2 Å². The highest BCUT2D eigenvalue weighted by atomic mass is 19.1. The maximum Gasteiger partial charge on any atom is 0.141 e. The molecule has 90 valence electrons. The van der Waals surface area contributed by atoms with Crippen molar-refractivity contribution in [3.63, 3.8) is 0 Å². The number of nitriles is 1. The predicted molar refractivity (Wildman–Crippen MR) is 63.2 cm³/mol. The van der Waals surface area contributed by atoms with Crippen LogP contribution in [0.5, 0.6) is 5.75 Å². The van der Waals surface area contributed by atoms with Crippen LogP contribution in [0.2, 0.25) is 0 Å². The lowest BCUT2D eigenvalue weighted by atomic mass is 9.90. The molecule has 0 saturated heterocycles. The Morgan fingerprint density at radius 2 is 2.06 bits per heavy atom. The van der Waals surface area contributed by atoms with Crippen LogP contribution < -0.4 is 4.74 Å². The molecule has 3 heteroatoms. The highest BCUT2D eigenvalue weighted by Gasteiger charge is 2.14. The first-order valence-corrected chi connectivity index (χ1v) is 6.12. The van der Waals surface area contributed by atoms with Crippen molar-refractivity contribution in [1.82, 2.24) is 0 Å². The number of benzene rings is 1. The first-order valence-electron chi connectivity index (χ1n) is 6.12. The minimum absolute atomic E-state index is 0.0474. The molecule has 0 N–H and O–H groups in total. The average Bonchev–Trinajstić information content (AvgIpc) is 2.39. The topological polar surface area (TPSA) is 33.0 Å². The second kappa shape index (κ2) is 5.67. The first kappa shape index (κ1) is 11.9. The Morgan fingerprint density at radius 3 is 2.76 bits per heavy atom. The summed E-state index contributed by atoms with van der Waals surface area (Å²) < 4.78 is 18.7. The Labute approximate surface area is 101 Å². The molecule has 1 aromatic rings. The summed E-state index contributed by atoms with van der Waals surface area (Å²) in [5.74, 6) is 0.713. The molecular weight excluding hydrogens is 217 g/mol. The summed E-state index contributed by atoms with van der Waals surface area (Å²) in [5, 5.41) is 8.71.